The molecule has 11 heteroatoms. The minimum absolute atomic E-state index is 0.00544. The van der Waals surface area contributed by atoms with E-state index in [1.807, 2.05) is 72.3 Å². The summed E-state index contributed by atoms with van der Waals surface area (Å²) in [6.45, 7) is 2.09. The van der Waals surface area contributed by atoms with Crippen LogP contribution in [0.3, 0.4) is 0 Å². The van der Waals surface area contributed by atoms with Crippen molar-refractivity contribution in [1.82, 2.24) is 20.7 Å². The number of aliphatic hydroxyl groups excluding tert-OH is 1. The molecule has 5 rings (SSSR count). The molecule has 1 heterocycles. The predicted molar refractivity (Wildman–Crippen MR) is 162 cm³/mol. The summed E-state index contributed by atoms with van der Waals surface area (Å²) in [6.07, 6.45) is 2.44. The summed E-state index contributed by atoms with van der Waals surface area (Å²) >= 11 is 0. The number of aliphatic hydroxyl groups is 1. The number of rotatable bonds is 12. The Hall–Kier alpha value is -4.32. The fourth-order valence-corrected chi connectivity index (χ4v) is 6.03. The number of sulfonamides is 1. The average molecular weight is 603 g/mol. The Labute approximate surface area is 250 Å². The SMILES string of the molecule is C[C@@H](NC(=O)c1cc(C(=O)N[C@@H](Cc2ccccc2)[C@H](O)CNC2CC2)cc(C2=CC(=O)NS2(=O)=O)c1)c1ccccc1. The van der Waals surface area contributed by atoms with Crippen LogP contribution in [0.2, 0.25) is 0 Å². The second kappa shape index (κ2) is 12.9. The van der Waals surface area contributed by atoms with Gasteiger partial charge in [0.1, 0.15) is 4.91 Å². The topological polar surface area (TPSA) is 154 Å². The third-order valence-corrected chi connectivity index (χ3v) is 8.85. The average Bonchev–Trinajstić information content (AvgIpc) is 3.78. The second-order valence-electron chi connectivity index (χ2n) is 10.9. The fourth-order valence-electron chi connectivity index (χ4n) is 4.91. The van der Waals surface area contributed by atoms with Gasteiger partial charge >= 0.3 is 0 Å². The molecule has 3 amide bonds. The van der Waals surface area contributed by atoms with Crippen LogP contribution in [0, 0.1) is 0 Å². The lowest BCUT2D eigenvalue weighted by Gasteiger charge is -2.25. The first-order valence-electron chi connectivity index (χ1n) is 14.1. The molecule has 0 spiro atoms. The van der Waals surface area contributed by atoms with Crippen LogP contribution in [-0.2, 0) is 21.2 Å². The third kappa shape index (κ3) is 7.75. The first-order chi connectivity index (χ1) is 20.6. The lowest BCUT2D eigenvalue weighted by atomic mass is 9.99. The monoisotopic (exact) mass is 602 g/mol. The van der Waals surface area contributed by atoms with Crippen LogP contribution in [0.15, 0.2) is 84.9 Å². The van der Waals surface area contributed by atoms with Crippen LogP contribution < -0.4 is 20.7 Å². The molecule has 5 N–H and O–H groups in total. The summed E-state index contributed by atoms with van der Waals surface area (Å²) in [5, 5.41) is 20.1. The van der Waals surface area contributed by atoms with Crippen molar-refractivity contribution in [2.45, 2.75) is 50.4 Å². The zero-order valence-electron chi connectivity index (χ0n) is 23.6. The maximum absolute atomic E-state index is 13.7. The second-order valence-corrected chi connectivity index (χ2v) is 12.6. The molecule has 3 atom stereocenters. The fraction of sp³-hybridized carbons (Fsp3) is 0.281. The standard InChI is InChI=1S/C32H34N4O6S/c1-20(22-10-6-3-7-11-22)34-31(39)24-15-23(29-18-30(38)36-43(29,41)42)16-25(17-24)32(40)35-27(14-21-8-4-2-5-9-21)28(37)19-33-26-12-13-26/h2-11,15-18,20,26-28,33,37H,12-14,19H2,1H3,(H,34,39)(H,35,40)(H,36,38)/t20-,27+,28-/m1/s1. The molecule has 3 aromatic rings. The lowest BCUT2D eigenvalue weighted by molar-refractivity contribution is -0.114. The van der Waals surface area contributed by atoms with Gasteiger partial charge in [0.25, 0.3) is 27.7 Å². The molecular formula is C32H34N4O6S. The number of amides is 3. The molecule has 0 unspecified atom stereocenters. The van der Waals surface area contributed by atoms with Gasteiger partial charge in [0.2, 0.25) is 0 Å². The number of nitrogens with one attached hydrogen (secondary N) is 4. The normalized spacial score (nSPS) is 17.7. The predicted octanol–water partition coefficient (Wildman–Crippen LogP) is 2.43. The van der Waals surface area contributed by atoms with Gasteiger partial charge in [-0.15, -0.1) is 0 Å². The first kappa shape index (κ1) is 30.1. The quantitative estimate of drug-likeness (QED) is 0.213. The van der Waals surface area contributed by atoms with Crippen molar-refractivity contribution in [3.05, 3.63) is 113 Å². The summed E-state index contributed by atoms with van der Waals surface area (Å²) in [5.74, 6) is -1.95. The molecule has 2 aliphatic rings. The van der Waals surface area contributed by atoms with Gasteiger partial charge in [0.05, 0.1) is 18.2 Å². The lowest BCUT2D eigenvalue weighted by Crippen LogP contribution is -2.49. The molecule has 1 aliphatic carbocycles. The molecule has 3 aromatic carbocycles. The van der Waals surface area contributed by atoms with Gasteiger partial charge < -0.3 is 21.1 Å². The molecule has 0 aromatic heterocycles. The molecule has 0 radical (unpaired) electrons. The van der Waals surface area contributed by atoms with E-state index in [0.717, 1.165) is 30.0 Å². The Morgan fingerprint density at radius 3 is 2.12 bits per heavy atom. The zero-order valence-corrected chi connectivity index (χ0v) is 24.4. The van der Waals surface area contributed by atoms with E-state index in [4.69, 9.17) is 0 Å². The smallest absolute Gasteiger partial charge is 0.265 e. The zero-order chi connectivity index (χ0) is 30.6. The summed E-state index contributed by atoms with van der Waals surface area (Å²) in [6, 6.07) is 22.1. The Morgan fingerprint density at radius 2 is 1.53 bits per heavy atom. The van der Waals surface area contributed by atoms with Crippen molar-refractivity contribution in [3.63, 3.8) is 0 Å². The van der Waals surface area contributed by atoms with E-state index in [-0.39, 0.29) is 34.2 Å². The number of carbonyl (C=O) groups excluding carboxylic acids is 3. The van der Waals surface area contributed by atoms with Crippen molar-refractivity contribution < 1.29 is 27.9 Å². The summed E-state index contributed by atoms with van der Waals surface area (Å²) in [7, 11) is -4.18. The van der Waals surface area contributed by atoms with Crippen LogP contribution in [0.1, 0.15) is 63.2 Å². The molecule has 1 saturated carbocycles. The molecule has 1 fully saturated rings. The van der Waals surface area contributed by atoms with E-state index in [2.05, 4.69) is 16.0 Å². The van der Waals surface area contributed by atoms with Crippen molar-refractivity contribution in [1.29, 1.82) is 0 Å². The summed E-state index contributed by atoms with van der Waals surface area (Å²) in [5.41, 5.74) is 1.83. The maximum Gasteiger partial charge on any atom is 0.265 e. The van der Waals surface area contributed by atoms with Crippen molar-refractivity contribution in [2.24, 2.45) is 0 Å². The number of hydrogen-bond acceptors (Lipinski definition) is 7. The Balaban J connectivity index is 1.45. The van der Waals surface area contributed by atoms with Gasteiger partial charge in [-0.25, -0.2) is 13.1 Å². The number of carbonyl (C=O) groups is 3. The van der Waals surface area contributed by atoms with E-state index >= 15 is 0 Å². The van der Waals surface area contributed by atoms with Crippen molar-refractivity contribution in [2.75, 3.05) is 6.54 Å². The van der Waals surface area contributed by atoms with E-state index in [0.29, 0.717) is 12.5 Å². The first-order valence-corrected chi connectivity index (χ1v) is 15.6. The molecule has 0 bridgehead atoms. The van der Waals surface area contributed by atoms with Crippen molar-refractivity contribution >= 4 is 32.6 Å². The molecule has 1 aliphatic heterocycles. The molecule has 224 valence electrons. The third-order valence-electron chi connectivity index (χ3n) is 7.45. The number of benzene rings is 3. The Kier molecular flexibility index (Phi) is 9.05. The Bertz CT molecular complexity index is 1640. The molecule has 0 saturated heterocycles. The minimum Gasteiger partial charge on any atom is -0.390 e. The van der Waals surface area contributed by atoms with E-state index in [1.54, 1.807) is 0 Å². The van der Waals surface area contributed by atoms with Crippen LogP contribution in [-0.4, -0.2) is 56.0 Å². The van der Waals surface area contributed by atoms with Gasteiger partial charge in [-0.3, -0.25) is 14.4 Å². The van der Waals surface area contributed by atoms with Gasteiger partial charge in [0.15, 0.2) is 0 Å². The van der Waals surface area contributed by atoms with E-state index < -0.39 is 39.9 Å². The molecular weight excluding hydrogens is 568 g/mol. The van der Waals surface area contributed by atoms with Crippen molar-refractivity contribution in [3.8, 4) is 0 Å². The van der Waals surface area contributed by atoms with E-state index in [1.165, 1.54) is 18.2 Å². The minimum atomic E-state index is -4.18. The maximum atomic E-state index is 13.7. The highest BCUT2D eigenvalue weighted by Gasteiger charge is 2.31. The van der Waals surface area contributed by atoms with Gasteiger partial charge in [0, 0.05) is 29.8 Å². The van der Waals surface area contributed by atoms with Crippen LogP contribution >= 0.6 is 0 Å². The highest BCUT2D eigenvalue weighted by molar-refractivity contribution is 7.99. The van der Waals surface area contributed by atoms with Gasteiger partial charge in [-0.2, -0.15) is 0 Å². The summed E-state index contributed by atoms with van der Waals surface area (Å²) in [4.78, 5) is 38.7. The van der Waals surface area contributed by atoms with Gasteiger partial charge in [-0.1, -0.05) is 60.7 Å². The molecule has 43 heavy (non-hydrogen) atoms. The Morgan fingerprint density at radius 1 is 0.930 bits per heavy atom. The highest BCUT2D eigenvalue weighted by atomic mass is 32.2. The van der Waals surface area contributed by atoms with E-state index in [9.17, 15) is 27.9 Å². The van der Waals surface area contributed by atoms with Gasteiger partial charge in [-0.05, 0) is 61.1 Å². The van der Waals surface area contributed by atoms with Crippen LogP contribution in [0.5, 0.6) is 0 Å². The van der Waals surface area contributed by atoms with Crippen LogP contribution in [0.25, 0.3) is 4.91 Å². The highest BCUT2D eigenvalue weighted by Crippen LogP contribution is 2.27. The molecule has 10 nitrogen and oxygen atoms in total. The van der Waals surface area contributed by atoms with Crippen LogP contribution in [0.4, 0.5) is 0 Å². The largest absolute Gasteiger partial charge is 0.390 e. The number of hydrogen-bond donors (Lipinski definition) is 5. The summed E-state index contributed by atoms with van der Waals surface area (Å²) < 4.78 is 27.2.